The molecule has 8 aromatic carbocycles. The van der Waals surface area contributed by atoms with Crippen molar-refractivity contribution in [3.05, 3.63) is 172 Å². The summed E-state index contributed by atoms with van der Waals surface area (Å²) in [6, 6.07) is 52.2. The lowest BCUT2D eigenvalue weighted by Gasteiger charge is -2.43. The van der Waals surface area contributed by atoms with Gasteiger partial charge in [0.1, 0.15) is 11.2 Å². The second-order valence-electron chi connectivity index (χ2n) is 25.1. The van der Waals surface area contributed by atoms with Gasteiger partial charge in [-0.2, -0.15) is 0 Å². The van der Waals surface area contributed by atoms with Crippen LogP contribution in [0.2, 0.25) is 0 Å². The van der Waals surface area contributed by atoms with Crippen LogP contribution in [-0.2, 0) is 27.1 Å². The largest absolute Gasteiger partial charge is 0.456 e. The zero-order chi connectivity index (χ0) is 47.9. The normalized spacial score (nSPS) is 17.9. The Kier molecular flexibility index (Phi) is 7.48. The van der Waals surface area contributed by atoms with E-state index in [1.165, 1.54) is 129 Å². The minimum atomic E-state index is -0.266. The van der Waals surface area contributed by atoms with Gasteiger partial charge in [0.2, 0.25) is 0 Å². The van der Waals surface area contributed by atoms with Gasteiger partial charge in [-0.15, -0.1) is 0 Å². The van der Waals surface area contributed by atoms with Crippen LogP contribution in [0.25, 0.3) is 82.8 Å². The number of hydrogen-bond acceptors (Lipinski definition) is 2. The first-order valence-corrected chi connectivity index (χ1v) is 25.8. The van der Waals surface area contributed by atoms with E-state index in [1.54, 1.807) is 0 Å². The molecular weight excluding hydrogens is 848 g/mol. The molecule has 3 aliphatic carbocycles. The van der Waals surface area contributed by atoms with Crippen molar-refractivity contribution in [2.75, 3.05) is 4.81 Å². The highest BCUT2D eigenvalue weighted by Gasteiger charge is 2.51. The number of benzene rings is 8. The Hall–Kier alpha value is -6.78. The molecule has 0 spiro atoms. The van der Waals surface area contributed by atoms with Gasteiger partial charge in [-0.3, -0.25) is 0 Å². The van der Waals surface area contributed by atoms with Crippen molar-refractivity contribution in [1.29, 1.82) is 0 Å². The third-order valence-corrected chi connectivity index (χ3v) is 18.5. The predicted molar refractivity (Wildman–Crippen MR) is 296 cm³/mol. The lowest BCUT2D eigenvalue weighted by atomic mass is 9.43. The molecule has 5 aliphatic rings. The van der Waals surface area contributed by atoms with Crippen LogP contribution in [0.5, 0.6) is 0 Å². The molecule has 0 unspecified atom stereocenters. The number of aromatic nitrogens is 1. The van der Waals surface area contributed by atoms with Gasteiger partial charge in [0.15, 0.2) is 0 Å². The molecule has 2 aromatic heterocycles. The van der Waals surface area contributed by atoms with Crippen molar-refractivity contribution in [3.8, 4) is 39.1 Å². The van der Waals surface area contributed by atoms with E-state index in [-0.39, 0.29) is 33.9 Å². The van der Waals surface area contributed by atoms with Crippen LogP contribution < -0.4 is 15.7 Å². The minimum Gasteiger partial charge on any atom is -0.456 e. The highest BCUT2D eigenvalue weighted by molar-refractivity contribution is 6.94. The number of para-hydroxylation sites is 1. The molecule has 15 rings (SSSR count). The first-order valence-electron chi connectivity index (χ1n) is 25.8. The Bertz CT molecular complexity index is 4050. The second kappa shape index (κ2) is 12.8. The Morgan fingerprint density at radius 3 is 1.90 bits per heavy atom. The van der Waals surface area contributed by atoms with Crippen molar-refractivity contribution in [1.82, 2.24) is 4.57 Å². The quantitative estimate of drug-likeness (QED) is 0.153. The molecule has 4 heteroatoms. The first kappa shape index (κ1) is 41.0. The molecule has 0 amide bonds. The molecule has 10 aromatic rings. The van der Waals surface area contributed by atoms with Crippen LogP contribution in [0.15, 0.2) is 138 Å². The van der Waals surface area contributed by atoms with Crippen molar-refractivity contribution >= 4 is 72.9 Å². The molecular formula is C66H59BN2O. The molecule has 0 bridgehead atoms. The Labute approximate surface area is 412 Å². The first-order chi connectivity index (χ1) is 33.4. The standard InChI is InChI=1S/C66H59BN2O/c1-62(2,3)36-24-26-37(27-25-36)69-52-32-41-38-18-12-15-21-45(38)65(8,9)47(41)30-44(52)57-56-40-20-13-16-22-46(40)66(10,11)59(56)58-43-31-48-49(64(6,7)29-28-63(48,4)5)34-51(43)68-53-33-42-39-19-14-17-23-54(39)70-55(42)35-50(53)67(69)60(57)61(58)68/h12-27,30-35H,28-29H2,1-11H3. The van der Waals surface area contributed by atoms with Crippen LogP contribution in [0, 0.1) is 0 Å². The number of furan rings is 1. The van der Waals surface area contributed by atoms with E-state index in [9.17, 15) is 0 Å². The van der Waals surface area contributed by atoms with Gasteiger partial charge in [-0.1, -0.05) is 155 Å². The summed E-state index contributed by atoms with van der Waals surface area (Å²) in [4.78, 5) is 2.74. The summed E-state index contributed by atoms with van der Waals surface area (Å²) in [7, 11) is 0. The lowest BCUT2D eigenvalue weighted by molar-refractivity contribution is 0.332. The topological polar surface area (TPSA) is 21.3 Å². The average molecular weight is 907 g/mol. The third-order valence-electron chi connectivity index (χ3n) is 18.5. The lowest BCUT2D eigenvalue weighted by Crippen LogP contribution is -2.60. The number of rotatable bonds is 1. The number of anilines is 2. The van der Waals surface area contributed by atoms with Gasteiger partial charge in [-0.25, -0.2) is 0 Å². The monoisotopic (exact) mass is 906 g/mol. The summed E-state index contributed by atoms with van der Waals surface area (Å²) in [6.45, 7) is 26.6. The highest BCUT2D eigenvalue weighted by atomic mass is 16.3. The van der Waals surface area contributed by atoms with E-state index in [1.807, 2.05) is 0 Å². The average Bonchev–Trinajstić information content (AvgIpc) is 4.01. The fourth-order valence-corrected chi connectivity index (χ4v) is 14.7. The summed E-state index contributed by atoms with van der Waals surface area (Å²) < 4.78 is 9.66. The van der Waals surface area contributed by atoms with Gasteiger partial charge in [-0.05, 0) is 161 Å². The van der Waals surface area contributed by atoms with Crippen LogP contribution in [0.3, 0.4) is 0 Å². The fraction of sp³-hybridized carbons (Fsp3) is 0.273. The predicted octanol–water partition coefficient (Wildman–Crippen LogP) is 16.2. The van der Waals surface area contributed by atoms with Crippen LogP contribution in [0.4, 0.5) is 11.4 Å². The number of hydrogen-bond donors (Lipinski definition) is 0. The summed E-state index contributed by atoms with van der Waals surface area (Å²) in [5.74, 6) is 0. The summed E-state index contributed by atoms with van der Waals surface area (Å²) in [5.41, 5.74) is 28.7. The molecule has 0 saturated carbocycles. The Balaban J connectivity index is 1.20. The Morgan fingerprint density at radius 1 is 0.514 bits per heavy atom. The van der Waals surface area contributed by atoms with Gasteiger partial charge in [0.05, 0.1) is 11.0 Å². The van der Waals surface area contributed by atoms with E-state index in [0.29, 0.717) is 0 Å². The smallest absolute Gasteiger partial charge is 0.333 e. The maximum absolute atomic E-state index is 6.92. The maximum atomic E-state index is 6.92. The zero-order valence-electron chi connectivity index (χ0n) is 42.5. The van der Waals surface area contributed by atoms with Gasteiger partial charge in [0, 0.05) is 55.0 Å². The molecule has 0 N–H and O–H groups in total. The molecule has 3 nitrogen and oxygen atoms in total. The summed E-state index contributed by atoms with van der Waals surface area (Å²) in [5, 5.41) is 5.11. The fourth-order valence-electron chi connectivity index (χ4n) is 14.7. The van der Waals surface area contributed by atoms with E-state index in [0.717, 1.165) is 28.4 Å². The van der Waals surface area contributed by atoms with Crippen LogP contribution >= 0.6 is 0 Å². The van der Waals surface area contributed by atoms with E-state index in [2.05, 4.69) is 219 Å². The zero-order valence-corrected chi connectivity index (χ0v) is 42.5. The molecule has 342 valence electrons. The van der Waals surface area contributed by atoms with Gasteiger partial charge >= 0.3 is 6.85 Å². The van der Waals surface area contributed by atoms with E-state index >= 15 is 0 Å². The number of nitrogens with zero attached hydrogens (tertiary/aromatic N) is 2. The van der Waals surface area contributed by atoms with Gasteiger partial charge in [0.25, 0.3) is 0 Å². The van der Waals surface area contributed by atoms with E-state index in [4.69, 9.17) is 4.42 Å². The molecule has 0 radical (unpaired) electrons. The molecule has 0 atom stereocenters. The van der Waals surface area contributed by atoms with Crippen LogP contribution in [0.1, 0.15) is 128 Å². The molecule has 4 heterocycles. The highest BCUT2D eigenvalue weighted by Crippen LogP contribution is 2.62. The van der Waals surface area contributed by atoms with Crippen molar-refractivity contribution < 1.29 is 4.42 Å². The van der Waals surface area contributed by atoms with E-state index < -0.39 is 0 Å². The van der Waals surface area contributed by atoms with Crippen LogP contribution in [-0.4, -0.2) is 11.4 Å². The second-order valence-corrected chi connectivity index (χ2v) is 25.1. The molecule has 70 heavy (non-hydrogen) atoms. The third kappa shape index (κ3) is 4.88. The maximum Gasteiger partial charge on any atom is 0.333 e. The minimum absolute atomic E-state index is 0.0154. The summed E-state index contributed by atoms with van der Waals surface area (Å²) >= 11 is 0. The van der Waals surface area contributed by atoms with Gasteiger partial charge < -0.3 is 13.8 Å². The number of fused-ring (bicyclic) bond motifs is 20. The van der Waals surface area contributed by atoms with Crippen molar-refractivity contribution in [3.63, 3.8) is 0 Å². The Morgan fingerprint density at radius 2 is 1.17 bits per heavy atom. The SMILES string of the molecule is CC(C)(C)c1ccc(N2B3c4cc5oc6ccccc6c5cc4-n4c5cc6c(cc5c5c7c(c(c3c54)-c3cc4c(cc32)-c2ccccc2C4(C)C)-c2ccccc2C7(C)C)C(C)(C)CCC6(C)C)cc1. The summed E-state index contributed by atoms with van der Waals surface area (Å²) in [6.07, 6.45) is 2.33. The van der Waals surface area contributed by atoms with Crippen molar-refractivity contribution in [2.24, 2.45) is 0 Å². The molecule has 0 saturated heterocycles. The van der Waals surface area contributed by atoms with Crippen molar-refractivity contribution in [2.45, 2.75) is 116 Å². The molecule has 2 aliphatic heterocycles. The molecule has 0 fully saturated rings.